The van der Waals surface area contributed by atoms with Gasteiger partial charge in [-0.2, -0.15) is 0 Å². The van der Waals surface area contributed by atoms with Gasteiger partial charge in [-0.1, -0.05) is 19.3 Å². The van der Waals surface area contributed by atoms with Crippen molar-refractivity contribution in [1.82, 2.24) is 4.98 Å². The molecule has 0 spiro atoms. The molecular weight excluding hydrogens is 234 g/mol. The molecule has 1 aromatic heterocycles. The zero-order valence-electron chi connectivity index (χ0n) is 9.69. The molecule has 1 aromatic rings. The molecular formula is C12H17N3OS. The van der Waals surface area contributed by atoms with Crippen molar-refractivity contribution in [3.05, 3.63) is 17.8 Å². The van der Waals surface area contributed by atoms with Crippen molar-refractivity contribution >= 4 is 23.4 Å². The predicted octanol–water partition coefficient (Wildman–Crippen LogP) is 2.19. The van der Waals surface area contributed by atoms with Crippen LogP contribution in [0.4, 0.5) is 5.69 Å². The third kappa shape index (κ3) is 3.12. The molecule has 1 heterocycles. The highest BCUT2D eigenvalue weighted by molar-refractivity contribution is 8.00. The van der Waals surface area contributed by atoms with Gasteiger partial charge in [-0.15, -0.1) is 11.8 Å². The molecule has 0 atom stereocenters. The van der Waals surface area contributed by atoms with Crippen molar-refractivity contribution in [2.75, 3.05) is 5.73 Å². The number of thioether (sulfide) groups is 1. The quantitative estimate of drug-likeness (QED) is 0.862. The van der Waals surface area contributed by atoms with Crippen molar-refractivity contribution < 1.29 is 4.79 Å². The smallest absolute Gasteiger partial charge is 0.267 e. The summed E-state index contributed by atoms with van der Waals surface area (Å²) >= 11 is 1.68. The summed E-state index contributed by atoms with van der Waals surface area (Å²) in [5, 5.41) is 1.31. The first kappa shape index (κ1) is 12.2. The number of hydrogen-bond donors (Lipinski definition) is 2. The lowest BCUT2D eigenvalue weighted by Crippen LogP contribution is -2.15. The summed E-state index contributed by atoms with van der Waals surface area (Å²) in [6, 6.07) is 3.28. The first-order chi connectivity index (χ1) is 8.16. The van der Waals surface area contributed by atoms with Crippen LogP contribution in [0.5, 0.6) is 0 Å². The molecule has 0 bridgehead atoms. The molecule has 0 unspecified atom stereocenters. The largest absolute Gasteiger partial charge is 0.397 e. The second-order valence-electron chi connectivity index (χ2n) is 4.33. The average Bonchev–Trinajstić information content (AvgIpc) is 2.33. The van der Waals surface area contributed by atoms with Gasteiger partial charge < -0.3 is 11.5 Å². The zero-order valence-corrected chi connectivity index (χ0v) is 10.5. The third-order valence-electron chi connectivity index (χ3n) is 2.97. The molecule has 0 radical (unpaired) electrons. The Bertz CT molecular complexity index is 416. The fourth-order valence-electron chi connectivity index (χ4n) is 2.02. The molecule has 1 amide bonds. The van der Waals surface area contributed by atoms with Gasteiger partial charge >= 0.3 is 0 Å². The summed E-state index contributed by atoms with van der Waals surface area (Å²) in [7, 11) is 0. The second-order valence-corrected chi connectivity index (χ2v) is 5.62. The lowest BCUT2D eigenvalue weighted by Gasteiger charge is -2.21. The average molecular weight is 251 g/mol. The molecule has 5 heteroatoms. The van der Waals surface area contributed by atoms with E-state index < -0.39 is 5.91 Å². The van der Waals surface area contributed by atoms with Crippen LogP contribution in [-0.4, -0.2) is 16.1 Å². The van der Waals surface area contributed by atoms with Crippen LogP contribution < -0.4 is 11.5 Å². The molecule has 1 aliphatic rings. The maximum Gasteiger partial charge on any atom is 0.267 e. The van der Waals surface area contributed by atoms with E-state index in [1.807, 2.05) is 0 Å². The predicted molar refractivity (Wildman–Crippen MR) is 69.9 cm³/mol. The lowest BCUT2D eigenvalue weighted by atomic mass is 10.0. The van der Waals surface area contributed by atoms with Gasteiger partial charge in [0.05, 0.1) is 5.69 Å². The molecule has 17 heavy (non-hydrogen) atoms. The number of rotatable bonds is 3. The number of carbonyl (C=O) groups excluding carboxylic acids is 1. The summed E-state index contributed by atoms with van der Waals surface area (Å²) in [5.74, 6) is -0.504. The standard InChI is InChI=1S/C12H17N3OS/c13-9-6-7-10(11(14)16)15-12(9)17-8-4-2-1-3-5-8/h6-8H,1-5,13H2,(H2,14,16). The van der Waals surface area contributed by atoms with Crippen LogP contribution in [0.3, 0.4) is 0 Å². The van der Waals surface area contributed by atoms with Crippen LogP contribution in [0.25, 0.3) is 0 Å². The number of anilines is 1. The molecule has 1 saturated carbocycles. The van der Waals surface area contributed by atoms with E-state index in [0.717, 1.165) is 5.03 Å². The number of aromatic nitrogens is 1. The fourth-order valence-corrected chi connectivity index (χ4v) is 3.26. The molecule has 0 aliphatic heterocycles. The van der Waals surface area contributed by atoms with Gasteiger partial charge in [-0.05, 0) is 25.0 Å². The van der Waals surface area contributed by atoms with Crippen molar-refractivity contribution in [2.24, 2.45) is 5.73 Å². The van der Waals surface area contributed by atoms with Gasteiger partial charge in [0.2, 0.25) is 0 Å². The van der Waals surface area contributed by atoms with Crippen LogP contribution in [0, 0.1) is 0 Å². The first-order valence-electron chi connectivity index (χ1n) is 5.90. The number of hydrogen-bond acceptors (Lipinski definition) is 4. The number of nitrogens with two attached hydrogens (primary N) is 2. The minimum atomic E-state index is -0.504. The Morgan fingerprint density at radius 3 is 2.65 bits per heavy atom. The number of carbonyl (C=O) groups is 1. The van der Waals surface area contributed by atoms with Gasteiger partial charge in [0.25, 0.3) is 5.91 Å². The molecule has 1 fully saturated rings. The summed E-state index contributed by atoms with van der Waals surface area (Å²) < 4.78 is 0. The zero-order chi connectivity index (χ0) is 12.3. The highest BCUT2D eigenvalue weighted by Crippen LogP contribution is 2.35. The topological polar surface area (TPSA) is 82.0 Å². The Hall–Kier alpha value is -1.23. The fraction of sp³-hybridized carbons (Fsp3) is 0.500. The van der Waals surface area contributed by atoms with E-state index in [2.05, 4.69) is 4.98 Å². The molecule has 92 valence electrons. The SMILES string of the molecule is NC(=O)c1ccc(N)c(SC2CCCCC2)n1. The molecule has 4 N–H and O–H groups in total. The molecule has 4 nitrogen and oxygen atoms in total. The lowest BCUT2D eigenvalue weighted by molar-refractivity contribution is 0.0995. The van der Waals surface area contributed by atoms with E-state index in [0.29, 0.717) is 10.9 Å². The number of pyridine rings is 1. The Morgan fingerprint density at radius 2 is 2.00 bits per heavy atom. The monoisotopic (exact) mass is 251 g/mol. The minimum absolute atomic E-state index is 0.289. The van der Waals surface area contributed by atoms with Crippen LogP contribution in [-0.2, 0) is 0 Å². The Morgan fingerprint density at radius 1 is 1.29 bits per heavy atom. The van der Waals surface area contributed by atoms with Crippen LogP contribution in [0.15, 0.2) is 17.2 Å². The van der Waals surface area contributed by atoms with Gasteiger partial charge in [0.15, 0.2) is 0 Å². The number of nitrogens with zero attached hydrogens (tertiary/aromatic N) is 1. The molecule has 1 aliphatic carbocycles. The van der Waals surface area contributed by atoms with Gasteiger partial charge in [-0.3, -0.25) is 4.79 Å². The highest BCUT2D eigenvalue weighted by atomic mass is 32.2. The van der Waals surface area contributed by atoms with E-state index in [9.17, 15) is 4.79 Å². The van der Waals surface area contributed by atoms with Crippen molar-refractivity contribution in [3.8, 4) is 0 Å². The van der Waals surface area contributed by atoms with Crippen LogP contribution in [0.2, 0.25) is 0 Å². The second kappa shape index (κ2) is 5.40. The van der Waals surface area contributed by atoms with E-state index in [-0.39, 0.29) is 5.69 Å². The van der Waals surface area contributed by atoms with Gasteiger partial charge in [0, 0.05) is 5.25 Å². The summed E-state index contributed by atoms with van der Waals surface area (Å²) in [4.78, 5) is 15.3. The minimum Gasteiger partial charge on any atom is -0.397 e. The van der Waals surface area contributed by atoms with Crippen molar-refractivity contribution in [1.29, 1.82) is 0 Å². The van der Waals surface area contributed by atoms with E-state index in [4.69, 9.17) is 11.5 Å². The number of amides is 1. The van der Waals surface area contributed by atoms with Gasteiger partial charge in [-0.25, -0.2) is 4.98 Å². The normalized spacial score (nSPS) is 16.9. The summed E-state index contributed by atoms with van der Waals surface area (Å²) in [6.07, 6.45) is 6.26. The van der Waals surface area contributed by atoms with Crippen molar-refractivity contribution in [2.45, 2.75) is 42.4 Å². The number of nitrogen functional groups attached to an aromatic ring is 1. The van der Waals surface area contributed by atoms with Crippen LogP contribution >= 0.6 is 11.8 Å². The summed E-state index contributed by atoms with van der Waals surface area (Å²) in [6.45, 7) is 0. The Labute approximate surface area is 105 Å². The highest BCUT2D eigenvalue weighted by Gasteiger charge is 2.17. The maximum atomic E-state index is 11.1. The Kier molecular flexibility index (Phi) is 3.89. The number of primary amides is 1. The molecule has 2 rings (SSSR count). The van der Waals surface area contributed by atoms with Crippen LogP contribution in [0.1, 0.15) is 42.6 Å². The maximum absolute atomic E-state index is 11.1. The van der Waals surface area contributed by atoms with E-state index in [1.165, 1.54) is 32.1 Å². The van der Waals surface area contributed by atoms with Gasteiger partial charge in [0.1, 0.15) is 10.7 Å². The van der Waals surface area contributed by atoms with E-state index in [1.54, 1.807) is 23.9 Å². The molecule has 0 saturated heterocycles. The summed E-state index contributed by atoms with van der Waals surface area (Å²) in [5.41, 5.74) is 12.0. The van der Waals surface area contributed by atoms with Crippen molar-refractivity contribution in [3.63, 3.8) is 0 Å². The molecule has 0 aromatic carbocycles. The Balaban J connectivity index is 2.13. The first-order valence-corrected chi connectivity index (χ1v) is 6.78. The van der Waals surface area contributed by atoms with E-state index >= 15 is 0 Å². The third-order valence-corrected chi connectivity index (χ3v) is 4.33.